The molecule has 6 heteroatoms. The molecule has 0 aromatic heterocycles. The van der Waals surface area contributed by atoms with Crippen molar-refractivity contribution in [2.45, 2.75) is 12.6 Å². The highest BCUT2D eigenvalue weighted by atomic mass is 79.9. The minimum Gasteiger partial charge on any atom is -0.361 e. The topological polar surface area (TPSA) is 54.1 Å². The lowest BCUT2D eigenvalue weighted by atomic mass is 9.99. The number of nitrogens with zero attached hydrogens (tertiary/aromatic N) is 4. The van der Waals surface area contributed by atoms with Gasteiger partial charge < -0.3 is 4.90 Å². The number of piperazine rings is 1. The summed E-state index contributed by atoms with van der Waals surface area (Å²) >= 11 is 9.61. The summed E-state index contributed by atoms with van der Waals surface area (Å²) in [5, 5.41) is 19.4. The molecule has 1 aliphatic heterocycles. The van der Waals surface area contributed by atoms with Gasteiger partial charge in [-0.15, -0.1) is 0 Å². The van der Waals surface area contributed by atoms with Crippen molar-refractivity contribution in [1.82, 2.24) is 4.90 Å². The lowest BCUT2D eigenvalue weighted by Gasteiger charge is -2.43. The molecule has 0 radical (unpaired) electrons. The summed E-state index contributed by atoms with van der Waals surface area (Å²) in [5.74, 6) is 0. The largest absolute Gasteiger partial charge is 0.361 e. The minimum atomic E-state index is 0.0951. The van der Waals surface area contributed by atoms with E-state index in [1.165, 1.54) is 11.1 Å². The zero-order valence-electron chi connectivity index (χ0n) is 16.8. The standard InChI is InChI=1S/C25H20BrClN4/c26-22-7-10-24(21(13-22)15-29)31-12-11-30(16-19-3-1-18(14-28)2-4-19)17-25(31)20-5-8-23(27)9-6-20/h1-10,13,25H,11-12,16-17H2/t25-/m0/s1. The van der Waals surface area contributed by atoms with E-state index in [4.69, 9.17) is 16.9 Å². The molecule has 0 unspecified atom stereocenters. The first-order valence-electron chi connectivity index (χ1n) is 10.0. The molecule has 31 heavy (non-hydrogen) atoms. The third-order valence-electron chi connectivity index (χ3n) is 5.60. The number of halogens is 2. The molecule has 1 heterocycles. The van der Waals surface area contributed by atoms with Crippen LogP contribution >= 0.6 is 27.5 Å². The van der Waals surface area contributed by atoms with Gasteiger partial charge >= 0.3 is 0 Å². The van der Waals surface area contributed by atoms with E-state index in [0.29, 0.717) is 16.1 Å². The summed E-state index contributed by atoms with van der Waals surface area (Å²) in [6, 6.07) is 26.2. The van der Waals surface area contributed by atoms with Gasteiger partial charge in [0.1, 0.15) is 6.07 Å². The average Bonchev–Trinajstić information content (AvgIpc) is 2.80. The maximum absolute atomic E-state index is 9.71. The first-order chi connectivity index (χ1) is 15.1. The number of hydrogen-bond acceptors (Lipinski definition) is 4. The smallest absolute Gasteiger partial charge is 0.101 e. The Morgan fingerprint density at radius 2 is 1.68 bits per heavy atom. The Morgan fingerprint density at radius 1 is 0.935 bits per heavy atom. The Bertz CT molecular complexity index is 1150. The third-order valence-corrected chi connectivity index (χ3v) is 6.34. The molecule has 1 aliphatic rings. The molecule has 1 atom stereocenters. The van der Waals surface area contributed by atoms with E-state index in [9.17, 15) is 5.26 Å². The van der Waals surface area contributed by atoms with Gasteiger partial charge in [-0.25, -0.2) is 0 Å². The molecule has 0 aliphatic carbocycles. The maximum Gasteiger partial charge on any atom is 0.101 e. The van der Waals surface area contributed by atoms with Crippen LogP contribution in [0.25, 0.3) is 0 Å². The predicted octanol–water partition coefficient (Wildman–Crippen LogP) is 5.91. The second-order valence-electron chi connectivity index (χ2n) is 7.58. The van der Waals surface area contributed by atoms with Gasteiger partial charge in [-0.1, -0.05) is 51.8 Å². The molecule has 3 aromatic rings. The van der Waals surface area contributed by atoms with Crippen LogP contribution in [0.15, 0.2) is 71.2 Å². The van der Waals surface area contributed by atoms with E-state index in [1.54, 1.807) is 0 Å². The average molecular weight is 492 g/mol. The van der Waals surface area contributed by atoms with Gasteiger partial charge in [0.25, 0.3) is 0 Å². The normalized spacial score (nSPS) is 16.5. The second kappa shape index (κ2) is 9.54. The molecule has 0 N–H and O–H groups in total. The van der Waals surface area contributed by atoms with Crippen molar-refractivity contribution in [3.8, 4) is 12.1 Å². The molecule has 4 nitrogen and oxygen atoms in total. The summed E-state index contributed by atoms with van der Waals surface area (Å²) < 4.78 is 0.898. The van der Waals surface area contributed by atoms with Crippen LogP contribution in [0.3, 0.4) is 0 Å². The Hall–Kier alpha value is -2.83. The van der Waals surface area contributed by atoms with Crippen LogP contribution in [0.1, 0.15) is 28.3 Å². The van der Waals surface area contributed by atoms with Gasteiger partial charge in [-0.05, 0) is 53.6 Å². The van der Waals surface area contributed by atoms with E-state index >= 15 is 0 Å². The van der Waals surface area contributed by atoms with E-state index < -0.39 is 0 Å². The number of nitriles is 2. The van der Waals surface area contributed by atoms with Crippen molar-refractivity contribution in [3.63, 3.8) is 0 Å². The van der Waals surface area contributed by atoms with Crippen molar-refractivity contribution in [2.75, 3.05) is 24.5 Å². The predicted molar refractivity (Wildman–Crippen MR) is 127 cm³/mol. The fourth-order valence-electron chi connectivity index (χ4n) is 4.03. The van der Waals surface area contributed by atoms with Crippen LogP contribution in [0.5, 0.6) is 0 Å². The molecule has 0 saturated carbocycles. The van der Waals surface area contributed by atoms with Gasteiger partial charge in [-0.2, -0.15) is 10.5 Å². The quantitative estimate of drug-likeness (QED) is 0.455. The van der Waals surface area contributed by atoms with Crippen LogP contribution in [0, 0.1) is 22.7 Å². The molecular formula is C25H20BrClN4. The lowest BCUT2D eigenvalue weighted by Crippen LogP contribution is -2.48. The highest BCUT2D eigenvalue weighted by Crippen LogP contribution is 2.34. The van der Waals surface area contributed by atoms with Crippen LogP contribution in [-0.2, 0) is 6.54 Å². The molecule has 1 saturated heterocycles. The molecule has 4 rings (SSSR count). The van der Waals surface area contributed by atoms with Crippen molar-refractivity contribution < 1.29 is 0 Å². The van der Waals surface area contributed by atoms with Crippen molar-refractivity contribution in [3.05, 3.63) is 98.5 Å². The van der Waals surface area contributed by atoms with Crippen LogP contribution in [-0.4, -0.2) is 24.5 Å². The molecule has 1 fully saturated rings. The van der Waals surface area contributed by atoms with E-state index in [-0.39, 0.29) is 6.04 Å². The summed E-state index contributed by atoms with van der Waals surface area (Å²) in [5.41, 5.74) is 4.63. The van der Waals surface area contributed by atoms with E-state index in [2.05, 4.69) is 50.0 Å². The summed E-state index contributed by atoms with van der Waals surface area (Å²) in [4.78, 5) is 4.74. The van der Waals surface area contributed by atoms with E-state index in [0.717, 1.165) is 36.3 Å². The maximum atomic E-state index is 9.71. The summed E-state index contributed by atoms with van der Waals surface area (Å²) in [7, 11) is 0. The molecule has 0 amide bonds. The Balaban J connectivity index is 1.63. The lowest BCUT2D eigenvalue weighted by molar-refractivity contribution is 0.215. The third kappa shape index (κ3) is 4.92. The van der Waals surface area contributed by atoms with Crippen LogP contribution < -0.4 is 4.90 Å². The Kier molecular flexibility index (Phi) is 6.59. The Labute approximate surface area is 196 Å². The fourth-order valence-corrected chi connectivity index (χ4v) is 4.52. The zero-order chi connectivity index (χ0) is 21.8. The fraction of sp³-hybridized carbons (Fsp3) is 0.200. The molecule has 0 bridgehead atoms. The number of benzene rings is 3. The first kappa shape index (κ1) is 21.4. The van der Waals surface area contributed by atoms with Crippen molar-refractivity contribution in [2.24, 2.45) is 0 Å². The number of anilines is 1. The van der Waals surface area contributed by atoms with Gasteiger partial charge in [-0.3, -0.25) is 4.90 Å². The van der Waals surface area contributed by atoms with Gasteiger partial charge in [0.15, 0.2) is 0 Å². The van der Waals surface area contributed by atoms with Crippen molar-refractivity contribution >= 4 is 33.2 Å². The zero-order valence-corrected chi connectivity index (χ0v) is 19.1. The second-order valence-corrected chi connectivity index (χ2v) is 8.93. The highest BCUT2D eigenvalue weighted by molar-refractivity contribution is 9.10. The summed E-state index contributed by atoms with van der Waals surface area (Å²) in [6.45, 7) is 3.32. The number of hydrogen-bond donors (Lipinski definition) is 0. The molecule has 154 valence electrons. The monoisotopic (exact) mass is 490 g/mol. The minimum absolute atomic E-state index is 0.0951. The first-order valence-corrected chi connectivity index (χ1v) is 11.2. The highest BCUT2D eigenvalue weighted by Gasteiger charge is 2.30. The number of rotatable bonds is 4. The molecule has 3 aromatic carbocycles. The van der Waals surface area contributed by atoms with Gasteiger partial charge in [0.05, 0.1) is 28.9 Å². The van der Waals surface area contributed by atoms with Crippen LogP contribution in [0.4, 0.5) is 5.69 Å². The summed E-state index contributed by atoms with van der Waals surface area (Å²) in [6.07, 6.45) is 0. The SMILES string of the molecule is N#Cc1ccc(CN2CCN(c3ccc(Br)cc3C#N)[C@H](c3ccc(Cl)cc3)C2)cc1. The van der Waals surface area contributed by atoms with Gasteiger partial charge in [0, 0.05) is 35.7 Å². The van der Waals surface area contributed by atoms with Gasteiger partial charge in [0.2, 0.25) is 0 Å². The van der Waals surface area contributed by atoms with E-state index in [1.807, 2.05) is 54.6 Å². The molecule has 0 spiro atoms. The van der Waals surface area contributed by atoms with Crippen molar-refractivity contribution in [1.29, 1.82) is 10.5 Å². The Morgan fingerprint density at radius 3 is 2.35 bits per heavy atom. The van der Waals surface area contributed by atoms with Crippen LogP contribution in [0.2, 0.25) is 5.02 Å². The molecular weight excluding hydrogens is 472 g/mol.